The van der Waals surface area contributed by atoms with Gasteiger partial charge in [-0.25, -0.2) is 9.80 Å². The third-order valence-corrected chi connectivity index (χ3v) is 6.40. The topological polar surface area (TPSA) is 124 Å². The summed E-state index contributed by atoms with van der Waals surface area (Å²) in [6.45, 7) is 10.1. The van der Waals surface area contributed by atoms with E-state index in [4.69, 9.17) is 4.74 Å². The van der Waals surface area contributed by atoms with Crippen LogP contribution in [0.3, 0.4) is 0 Å². The summed E-state index contributed by atoms with van der Waals surface area (Å²) in [5, 5.41) is 15.0. The maximum Gasteiger partial charge on any atom is 0.412 e. The van der Waals surface area contributed by atoms with Gasteiger partial charge in [0.05, 0.1) is 11.4 Å². The van der Waals surface area contributed by atoms with Gasteiger partial charge in [0.15, 0.2) is 0 Å². The van der Waals surface area contributed by atoms with Crippen LogP contribution in [0.4, 0.5) is 10.5 Å². The minimum absolute atomic E-state index is 0.0161. The number of ether oxygens (including phenoxy) is 1. The zero-order valence-electron chi connectivity index (χ0n) is 19.0. The second kappa shape index (κ2) is 9.45. The van der Waals surface area contributed by atoms with Crippen LogP contribution in [0.25, 0.3) is 0 Å². The summed E-state index contributed by atoms with van der Waals surface area (Å²) in [7, 11) is -3.98. The largest absolute Gasteiger partial charge is 0.444 e. The first kappa shape index (κ1) is 24.0. The van der Waals surface area contributed by atoms with E-state index in [1.807, 2.05) is 13.1 Å². The summed E-state index contributed by atoms with van der Waals surface area (Å²) in [5.41, 5.74) is -0.263. The number of guanidine groups is 1. The van der Waals surface area contributed by atoms with Crippen molar-refractivity contribution in [2.24, 2.45) is 14.9 Å². The molecule has 0 radical (unpaired) electrons. The van der Waals surface area contributed by atoms with Gasteiger partial charge in [0, 0.05) is 23.9 Å². The highest BCUT2D eigenvalue weighted by Gasteiger charge is 2.38. The molecule has 1 saturated heterocycles. The highest BCUT2D eigenvalue weighted by Crippen LogP contribution is 2.32. The molecule has 0 saturated carbocycles. The second-order valence-corrected chi connectivity index (χ2v) is 10.6. The first-order chi connectivity index (χ1) is 15.0. The van der Waals surface area contributed by atoms with Gasteiger partial charge < -0.3 is 15.4 Å². The predicted molar refractivity (Wildman–Crippen MR) is 124 cm³/mol. The van der Waals surface area contributed by atoms with Crippen molar-refractivity contribution in [2.75, 3.05) is 31.5 Å². The Bertz CT molecular complexity index is 977. The van der Waals surface area contributed by atoms with E-state index in [-0.39, 0.29) is 16.3 Å². The molecule has 0 bridgehead atoms. The lowest BCUT2D eigenvalue weighted by Crippen LogP contribution is -2.44. The van der Waals surface area contributed by atoms with E-state index in [1.54, 1.807) is 25.8 Å². The van der Waals surface area contributed by atoms with Crippen molar-refractivity contribution in [2.45, 2.75) is 51.0 Å². The van der Waals surface area contributed by atoms with E-state index in [1.165, 1.54) is 24.3 Å². The molecule has 10 nitrogen and oxygen atoms in total. The van der Waals surface area contributed by atoms with Crippen LogP contribution in [0.5, 0.6) is 0 Å². The molecule has 0 aliphatic carbocycles. The van der Waals surface area contributed by atoms with Crippen LogP contribution < -0.4 is 16.0 Å². The Morgan fingerprint density at radius 1 is 1.25 bits per heavy atom. The lowest BCUT2D eigenvalue weighted by Gasteiger charge is -2.32. The number of amides is 1. The van der Waals surface area contributed by atoms with Crippen molar-refractivity contribution in [1.82, 2.24) is 15.6 Å². The first-order valence-corrected chi connectivity index (χ1v) is 12.2. The van der Waals surface area contributed by atoms with Crippen molar-refractivity contribution >= 4 is 34.0 Å². The molecule has 0 atom stereocenters. The Hall–Kier alpha value is -2.66. The number of hydrogen-bond acceptors (Lipinski definition) is 6. The zero-order valence-corrected chi connectivity index (χ0v) is 19.8. The van der Waals surface area contributed by atoms with Crippen LogP contribution in [0.15, 0.2) is 38.7 Å². The molecule has 176 valence electrons. The third kappa shape index (κ3) is 6.19. The number of carbonyl (C=O) groups excluding carboxylic acids is 1. The van der Waals surface area contributed by atoms with Crippen molar-refractivity contribution in [1.29, 1.82) is 0 Å². The SMILES string of the molecule is CCN/C(=N\S(=O)(=O)c1ccc(NC(=O)OC(C)(C)C)cc1)N1CC2(C=N1)CCNCC2. The average Bonchev–Trinajstić information content (AvgIpc) is 3.10. The minimum Gasteiger partial charge on any atom is -0.444 e. The van der Waals surface area contributed by atoms with E-state index in [2.05, 4.69) is 25.4 Å². The van der Waals surface area contributed by atoms with Gasteiger partial charge in [-0.2, -0.15) is 13.5 Å². The fourth-order valence-corrected chi connectivity index (χ4v) is 4.51. The summed E-state index contributed by atoms with van der Waals surface area (Å²) in [6.07, 6.45) is 3.21. The standard InChI is InChI=1S/C21H32N6O4S/c1-5-23-18(27-15-21(14-24-27)10-12-22-13-11-21)26-32(29,30)17-8-6-16(7-9-17)25-19(28)31-20(2,3)4/h6-9,14,22H,5,10-13,15H2,1-4H3,(H,23,26)(H,25,28). The molecule has 0 aromatic heterocycles. The Morgan fingerprint density at radius 2 is 1.91 bits per heavy atom. The number of nitrogens with zero attached hydrogens (tertiary/aromatic N) is 3. The summed E-state index contributed by atoms with van der Waals surface area (Å²) in [5.74, 6) is 0.204. The van der Waals surface area contributed by atoms with Crippen LogP contribution >= 0.6 is 0 Å². The molecule has 2 heterocycles. The molecule has 3 N–H and O–H groups in total. The van der Waals surface area contributed by atoms with Crippen molar-refractivity contribution in [3.05, 3.63) is 24.3 Å². The molecule has 0 unspecified atom stereocenters. The number of hydrogen-bond donors (Lipinski definition) is 3. The van der Waals surface area contributed by atoms with Gasteiger partial charge in [-0.15, -0.1) is 4.40 Å². The lowest BCUT2D eigenvalue weighted by molar-refractivity contribution is 0.0636. The van der Waals surface area contributed by atoms with Gasteiger partial charge in [-0.1, -0.05) is 0 Å². The van der Waals surface area contributed by atoms with Crippen LogP contribution in [-0.4, -0.2) is 63.5 Å². The molecular weight excluding hydrogens is 432 g/mol. The van der Waals surface area contributed by atoms with E-state index in [0.29, 0.717) is 18.8 Å². The first-order valence-electron chi connectivity index (χ1n) is 10.7. The van der Waals surface area contributed by atoms with Crippen LogP contribution in [0.1, 0.15) is 40.5 Å². The second-order valence-electron chi connectivity index (χ2n) is 8.99. The number of rotatable bonds is 4. The summed E-state index contributed by atoms with van der Waals surface area (Å²) < 4.78 is 35.1. The molecule has 2 aliphatic rings. The number of nitrogens with one attached hydrogen (secondary N) is 3. The van der Waals surface area contributed by atoms with Gasteiger partial charge in [-0.3, -0.25) is 5.32 Å². The molecule has 11 heteroatoms. The van der Waals surface area contributed by atoms with Gasteiger partial charge in [-0.05, 0) is 77.9 Å². The number of anilines is 1. The predicted octanol–water partition coefficient (Wildman–Crippen LogP) is 2.36. The average molecular weight is 465 g/mol. The molecule has 1 fully saturated rings. The molecule has 2 aliphatic heterocycles. The van der Waals surface area contributed by atoms with Crippen molar-refractivity contribution < 1.29 is 17.9 Å². The molecule has 1 spiro atoms. The third-order valence-electron chi connectivity index (χ3n) is 5.12. The summed E-state index contributed by atoms with van der Waals surface area (Å²) in [6, 6.07) is 5.79. The fraction of sp³-hybridized carbons (Fsp3) is 0.571. The normalized spacial score (nSPS) is 18.6. The quantitative estimate of drug-likeness (QED) is 0.461. The van der Waals surface area contributed by atoms with Crippen LogP contribution in [0, 0.1) is 5.41 Å². The van der Waals surface area contributed by atoms with E-state index >= 15 is 0 Å². The highest BCUT2D eigenvalue weighted by molar-refractivity contribution is 7.90. The molecule has 1 aromatic carbocycles. The Morgan fingerprint density at radius 3 is 2.50 bits per heavy atom. The fourth-order valence-electron chi connectivity index (χ4n) is 3.54. The van der Waals surface area contributed by atoms with E-state index in [0.717, 1.165) is 25.9 Å². The smallest absolute Gasteiger partial charge is 0.412 e. The van der Waals surface area contributed by atoms with Crippen LogP contribution in [-0.2, 0) is 14.8 Å². The van der Waals surface area contributed by atoms with E-state index < -0.39 is 21.7 Å². The lowest BCUT2D eigenvalue weighted by atomic mass is 9.81. The molecular formula is C21H32N6O4S. The highest BCUT2D eigenvalue weighted by atomic mass is 32.2. The van der Waals surface area contributed by atoms with Gasteiger partial charge in [0.1, 0.15) is 5.60 Å². The maximum atomic E-state index is 12.9. The van der Waals surface area contributed by atoms with Crippen LogP contribution in [0.2, 0.25) is 0 Å². The number of carbonyl (C=O) groups is 1. The van der Waals surface area contributed by atoms with Crippen molar-refractivity contribution in [3.8, 4) is 0 Å². The molecule has 32 heavy (non-hydrogen) atoms. The maximum absolute atomic E-state index is 12.9. The van der Waals surface area contributed by atoms with Crippen molar-refractivity contribution in [3.63, 3.8) is 0 Å². The number of piperidine rings is 1. The molecule has 1 amide bonds. The summed E-state index contributed by atoms with van der Waals surface area (Å²) in [4.78, 5) is 11.9. The number of hydrazone groups is 1. The summed E-state index contributed by atoms with van der Waals surface area (Å²) >= 11 is 0. The minimum atomic E-state index is -3.98. The van der Waals surface area contributed by atoms with Gasteiger partial charge >= 0.3 is 6.09 Å². The number of sulfonamides is 1. The number of benzene rings is 1. The molecule has 1 aromatic rings. The Balaban J connectivity index is 1.73. The monoisotopic (exact) mass is 464 g/mol. The van der Waals surface area contributed by atoms with Gasteiger partial charge in [0.2, 0.25) is 5.96 Å². The Kier molecular flexibility index (Phi) is 7.09. The van der Waals surface area contributed by atoms with E-state index in [9.17, 15) is 13.2 Å². The molecule has 3 rings (SSSR count). The Labute approximate surface area is 189 Å². The van der Waals surface area contributed by atoms with Gasteiger partial charge in [0.25, 0.3) is 10.0 Å². The zero-order chi connectivity index (χ0) is 23.4.